The monoisotopic (exact) mass is 518 g/mol. The van der Waals surface area contributed by atoms with E-state index in [2.05, 4.69) is 0 Å². The Morgan fingerprint density at radius 2 is 1.56 bits per heavy atom. The number of alkyl halides is 2. The zero-order chi connectivity index (χ0) is 24.9. The summed E-state index contributed by atoms with van der Waals surface area (Å²) in [5.41, 5.74) is 1.97. The van der Waals surface area contributed by atoms with Crippen LogP contribution in [0.15, 0.2) is 118 Å². The molecule has 0 fully saturated rings. The number of rotatable bonds is 8. The molecule has 0 spiro atoms. The average Bonchev–Trinajstić information content (AvgIpc) is 2.89. The third kappa shape index (κ3) is 5.61. The van der Waals surface area contributed by atoms with Crippen molar-refractivity contribution in [2.45, 2.75) is 21.6 Å². The molecule has 1 aromatic heterocycles. The first-order valence-corrected chi connectivity index (χ1v) is 12.9. The Morgan fingerprint density at radius 1 is 0.833 bits per heavy atom. The van der Waals surface area contributed by atoms with E-state index in [0.717, 1.165) is 17.1 Å². The highest BCUT2D eigenvalue weighted by molar-refractivity contribution is 7.99. The van der Waals surface area contributed by atoms with E-state index in [1.54, 1.807) is 36.4 Å². The lowest BCUT2D eigenvalue weighted by Gasteiger charge is -2.14. The van der Waals surface area contributed by atoms with Gasteiger partial charge in [0.2, 0.25) is 0 Å². The summed E-state index contributed by atoms with van der Waals surface area (Å²) in [6.07, 6.45) is 0. The van der Waals surface area contributed by atoms with Crippen LogP contribution in [0.5, 0.6) is 11.5 Å². The van der Waals surface area contributed by atoms with E-state index >= 15 is 0 Å². The van der Waals surface area contributed by atoms with Gasteiger partial charge in [-0.25, -0.2) is 4.98 Å². The Hall–Kier alpha value is -3.62. The molecule has 180 valence electrons. The molecule has 0 atom stereocenters. The Kier molecular flexibility index (Phi) is 7.34. The third-order valence-electron chi connectivity index (χ3n) is 5.31. The highest BCUT2D eigenvalue weighted by Gasteiger charge is 2.14. The Bertz CT molecular complexity index is 1540. The zero-order valence-electron chi connectivity index (χ0n) is 18.9. The molecule has 0 aliphatic carbocycles. The fourth-order valence-corrected chi connectivity index (χ4v) is 5.14. The summed E-state index contributed by atoms with van der Waals surface area (Å²) in [7, 11) is 0. The number of benzene rings is 4. The van der Waals surface area contributed by atoms with Gasteiger partial charge in [-0.3, -0.25) is 9.36 Å². The van der Waals surface area contributed by atoms with E-state index in [0.29, 0.717) is 44.2 Å². The van der Waals surface area contributed by atoms with Crippen LogP contribution in [-0.4, -0.2) is 15.3 Å². The quantitative estimate of drug-likeness (QED) is 0.155. The van der Waals surface area contributed by atoms with Gasteiger partial charge < -0.3 is 4.74 Å². The van der Waals surface area contributed by atoms with Crippen LogP contribution in [0.1, 0.15) is 5.56 Å². The second-order valence-electron chi connectivity index (χ2n) is 7.78. The standard InChI is InChI=1S/C28H20F2N2O2S2/c29-27(30)36-23-15-13-20(14-16-23)32-26(33)24-11-4-5-12-25(24)31-28(32)35-18-19-7-6-10-22(17-19)34-21-8-2-1-3-9-21/h1-17,27H,18H2. The molecule has 0 bridgehead atoms. The molecule has 0 amide bonds. The topological polar surface area (TPSA) is 44.1 Å². The minimum atomic E-state index is -2.51. The molecule has 4 aromatic carbocycles. The van der Waals surface area contributed by atoms with Gasteiger partial charge in [0.05, 0.1) is 16.6 Å². The van der Waals surface area contributed by atoms with Gasteiger partial charge in [-0.1, -0.05) is 66.0 Å². The fraction of sp³-hybridized carbons (Fsp3) is 0.0714. The fourth-order valence-electron chi connectivity index (χ4n) is 3.68. The van der Waals surface area contributed by atoms with E-state index in [4.69, 9.17) is 9.72 Å². The summed E-state index contributed by atoms with van der Waals surface area (Å²) in [5.74, 6) is -0.486. The lowest BCUT2D eigenvalue weighted by atomic mass is 10.2. The number of para-hydroxylation sites is 2. The molecule has 5 rings (SSSR count). The molecule has 0 N–H and O–H groups in total. The van der Waals surface area contributed by atoms with Gasteiger partial charge in [-0.2, -0.15) is 8.78 Å². The molecule has 0 saturated heterocycles. The predicted molar refractivity (Wildman–Crippen MR) is 142 cm³/mol. The van der Waals surface area contributed by atoms with Gasteiger partial charge in [0, 0.05) is 10.6 Å². The van der Waals surface area contributed by atoms with Crippen LogP contribution in [-0.2, 0) is 5.75 Å². The first-order valence-electron chi connectivity index (χ1n) is 11.1. The lowest BCUT2D eigenvalue weighted by molar-refractivity contribution is 0.252. The third-order valence-corrected chi connectivity index (χ3v) is 7.04. The minimum Gasteiger partial charge on any atom is -0.457 e. The van der Waals surface area contributed by atoms with Crippen LogP contribution in [0.4, 0.5) is 8.78 Å². The van der Waals surface area contributed by atoms with Crippen molar-refractivity contribution in [2.75, 3.05) is 0 Å². The van der Waals surface area contributed by atoms with Crippen LogP contribution >= 0.6 is 23.5 Å². The molecule has 0 aliphatic heterocycles. The lowest BCUT2D eigenvalue weighted by Crippen LogP contribution is -2.21. The number of aromatic nitrogens is 2. The number of thioether (sulfide) groups is 2. The highest BCUT2D eigenvalue weighted by atomic mass is 32.2. The van der Waals surface area contributed by atoms with E-state index in [-0.39, 0.29) is 5.56 Å². The maximum Gasteiger partial charge on any atom is 0.288 e. The average molecular weight is 519 g/mol. The van der Waals surface area contributed by atoms with E-state index < -0.39 is 5.76 Å². The normalized spacial score (nSPS) is 11.2. The van der Waals surface area contributed by atoms with Gasteiger partial charge in [0.15, 0.2) is 5.16 Å². The smallest absolute Gasteiger partial charge is 0.288 e. The molecular weight excluding hydrogens is 498 g/mol. The minimum absolute atomic E-state index is 0.210. The molecule has 0 radical (unpaired) electrons. The highest BCUT2D eigenvalue weighted by Crippen LogP contribution is 2.29. The molecule has 1 heterocycles. The van der Waals surface area contributed by atoms with Gasteiger partial charge in [0.1, 0.15) is 11.5 Å². The van der Waals surface area contributed by atoms with Crippen molar-refractivity contribution in [3.63, 3.8) is 0 Å². The van der Waals surface area contributed by atoms with Crippen molar-refractivity contribution in [1.82, 2.24) is 9.55 Å². The van der Waals surface area contributed by atoms with Crippen molar-refractivity contribution in [3.05, 3.63) is 119 Å². The Balaban J connectivity index is 1.46. The molecule has 8 heteroatoms. The molecule has 0 aliphatic rings. The zero-order valence-corrected chi connectivity index (χ0v) is 20.5. The molecular formula is C28H20F2N2O2S2. The van der Waals surface area contributed by atoms with Crippen molar-refractivity contribution >= 4 is 34.4 Å². The van der Waals surface area contributed by atoms with Gasteiger partial charge in [-0.05, 0) is 66.2 Å². The molecule has 36 heavy (non-hydrogen) atoms. The second kappa shape index (κ2) is 11.0. The van der Waals surface area contributed by atoms with Gasteiger partial charge in [-0.15, -0.1) is 0 Å². The second-order valence-corrected chi connectivity index (χ2v) is 9.78. The first kappa shape index (κ1) is 24.1. The Labute approximate surface area is 215 Å². The van der Waals surface area contributed by atoms with Crippen molar-refractivity contribution in [1.29, 1.82) is 0 Å². The van der Waals surface area contributed by atoms with Crippen molar-refractivity contribution < 1.29 is 13.5 Å². The van der Waals surface area contributed by atoms with Crippen molar-refractivity contribution in [3.8, 4) is 17.2 Å². The van der Waals surface area contributed by atoms with E-state index in [1.165, 1.54) is 16.3 Å². The van der Waals surface area contributed by atoms with Crippen LogP contribution in [0.2, 0.25) is 0 Å². The maximum absolute atomic E-state index is 13.4. The van der Waals surface area contributed by atoms with Crippen LogP contribution in [0.25, 0.3) is 16.6 Å². The number of halogens is 2. The van der Waals surface area contributed by atoms with Gasteiger partial charge >= 0.3 is 0 Å². The van der Waals surface area contributed by atoms with Gasteiger partial charge in [0.25, 0.3) is 11.3 Å². The summed E-state index contributed by atoms with van der Waals surface area (Å²) in [4.78, 5) is 18.6. The van der Waals surface area contributed by atoms with Crippen LogP contribution in [0, 0.1) is 0 Å². The first-order chi connectivity index (χ1) is 17.6. The summed E-state index contributed by atoms with van der Waals surface area (Å²) >= 11 is 1.89. The molecule has 0 unspecified atom stereocenters. The Morgan fingerprint density at radius 3 is 2.33 bits per heavy atom. The number of hydrogen-bond donors (Lipinski definition) is 0. The number of hydrogen-bond acceptors (Lipinski definition) is 5. The molecule has 5 aromatic rings. The molecule has 0 saturated carbocycles. The number of fused-ring (bicyclic) bond motifs is 1. The number of nitrogens with zero attached hydrogens (tertiary/aromatic N) is 2. The van der Waals surface area contributed by atoms with Crippen molar-refractivity contribution in [2.24, 2.45) is 0 Å². The largest absolute Gasteiger partial charge is 0.457 e. The summed E-state index contributed by atoms with van der Waals surface area (Å²) in [6.45, 7) is 0. The SMILES string of the molecule is O=c1c2ccccc2nc(SCc2cccc(Oc3ccccc3)c2)n1-c1ccc(SC(F)F)cc1. The summed E-state index contributed by atoms with van der Waals surface area (Å²) in [6, 6.07) is 31.0. The van der Waals surface area contributed by atoms with E-state index in [1.807, 2.05) is 66.7 Å². The summed E-state index contributed by atoms with van der Waals surface area (Å²) < 4.78 is 33.0. The van der Waals surface area contributed by atoms with Crippen LogP contribution in [0.3, 0.4) is 0 Å². The van der Waals surface area contributed by atoms with Crippen LogP contribution < -0.4 is 10.3 Å². The van der Waals surface area contributed by atoms with E-state index in [9.17, 15) is 13.6 Å². The number of ether oxygens (including phenoxy) is 1. The maximum atomic E-state index is 13.4. The molecule has 4 nitrogen and oxygen atoms in total. The predicted octanol–water partition coefficient (Wildman–Crippen LogP) is 7.79. The summed E-state index contributed by atoms with van der Waals surface area (Å²) in [5, 5.41) is 1.01.